The van der Waals surface area contributed by atoms with Crippen LogP contribution in [0.1, 0.15) is 29.9 Å². The zero-order valence-electron chi connectivity index (χ0n) is 18.7. The monoisotopic (exact) mass is 462 g/mol. The van der Waals surface area contributed by atoms with Crippen LogP contribution in [0.5, 0.6) is 5.75 Å². The Labute approximate surface area is 194 Å². The Hall–Kier alpha value is -2.97. The molecule has 7 nitrogen and oxygen atoms in total. The average molecular weight is 463 g/mol. The summed E-state index contributed by atoms with van der Waals surface area (Å²) in [6.45, 7) is 1.36. The number of nitrogens with one attached hydrogen (secondary N) is 1. The van der Waals surface area contributed by atoms with Crippen LogP contribution < -0.4 is 21.3 Å². The zero-order chi connectivity index (χ0) is 22.7. The second-order valence-corrected chi connectivity index (χ2v) is 10.1. The number of aryl methyl sites for hydroxylation is 1. The van der Waals surface area contributed by atoms with Gasteiger partial charge in [-0.2, -0.15) is 0 Å². The molecule has 1 aromatic carbocycles. The van der Waals surface area contributed by atoms with Crippen LogP contribution in [0.4, 0.5) is 0 Å². The van der Waals surface area contributed by atoms with E-state index >= 15 is 0 Å². The number of fused-ring (bicyclic) bond motifs is 6. The van der Waals surface area contributed by atoms with Gasteiger partial charge in [0, 0.05) is 31.7 Å². The topological polar surface area (TPSA) is 78.2 Å². The van der Waals surface area contributed by atoms with Gasteiger partial charge in [-0.25, -0.2) is 4.79 Å². The Bertz CT molecular complexity index is 1500. The largest absolute Gasteiger partial charge is 0.496 e. The lowest BCUT2D eigenvalue weighted by atomic mass is 9.73. The molecular formula is C25H26N4O3S. The molecule has 33 heavy (non-hydrogen) atoms. The maximum absolute atomic E-state index is 13.3. The van der Waals surface area contributed by atoms with E-state index < -0.39 is 0 Å². The molecule has 1 aliphatic carbocycles. The van der Waals surface area contributed by atoms with E-state index in [0.29, 0.717) is 28.6 Å². The normalized spacial score (nSPS) is 21.9. The van der Waals surface area contributed by atoms with Gasteiger partial charge < -0.3 is 10.1 Å². The molecule has 0 amide bonds. The number of nitrogens with zero attached hydrogens (tertiary/aromatic N) is 3. The minimum atomic E-state index is -0.280. The number of methoxy groups -OCH3 is 1. The Morgan fingerprint density at radius 3 is 2.97 bits per heavy atom. The molecule has 4 heterocycles. The van der Waals surface area contributed by atoms with Gasteiger partial charge >= 0.3 is 5.69 Å². The fourth-order valence-electron chi connectivity index (χ4n) is 5.93. The summed E-state index contributed by atoms with van der Waals surface area (Å²) >= 11 is 1.41. The Morgan fingerprint density at radius 2 is 2.12 bits per heavy atom. The van der Waals surface area contributed by atoms with Crippen molar-refractivity contribution in [2.75, 3.05) is 13.7 Å². The summed E-state index contributed by atoms with van der Waals surface area (Å²) < 4.78 is 10.1. The predicted molar refractivity (Wildman–Crippen MR) is 131 cm³/mol. The van der Waals surface area contributed by atoms with E-state index in [0.717, 1.165) is 41.8 Å². The van der Waals surface area contributed by atoms with Crippen molar-refractivity contribution < 1.29 is 4.74 Å². The molecule has 8 heteroatoms. The van der Waals surface area contributed by atoms with E-state index in [1.807, 2.05) is 18.2 Å². The fraction of sp³-hybridized carbons (Fsp3) is 0.400. The number of ether oxygens (including phenoxy) is 1. The minimum Gasteiger partial charge on any atom is -0.496 e. The number of rotatable bonds is 4. The first kappa shape index (κ1) is 20.6. The molecule has 3 atom stereocenters. The number of hydrogen-bond acceptors (Lipinski definition) is 6. The number of aromatic nitrogens is 3. The summed E-state index contributed by atoms with van der Waals surface area (Å²) in [5.74, 6) is 1.91. The van der Waals surface area contributed by atoms with Crippen LogP contribution in [0.3, 0.4) is 0 Å². The summed E-state index contributed by atoms with van der Waals surface area (Å²) in [6, 6.07) is 10.3. The number of hydrogen-bond donors (Lipinski definition) is 1. The molecule has 0 radical (unpaired) electrons. The Kier molecular flexibility index (Phi) is 4.88. The van der Waals surface area contributed by atoms with Crippen molar-refractivity contribution in [1.82, 2.24) is 19.4 Å². The Balaban J connectivity index is 1.36. The van der Waals surface area contributed by atoms with Crippen molar-refractivity contribution in [3.8, 4) is 5.75 Å². The molecule has 0 spiro atoms. The first-order valence-corrected chi connectivity index (χ1v) is 12.3. The summed E-state index contributed by atoms with van der Waals surface area (Å²) in [7, 11) is 3.46. The molecule has 170 valence electrons. The number of benzene rings is 1. The van der Waals surface area contributed by atoms with E-state index in [9.17, 15) is 9.59 Å². The van der Waals surface area contributed by atoms with Crippen LogP contribution in [0.15, 0.2) is 46.1 Å². The van der Waals surface area contributed by atoms with E-state index in [2.05, 4.69) is 22.4 Å². The molecule has 1 saturated heterocycles. The second kappa shape index (κ2) is 7.81. The molecule has 1 unspecified atom stereocenters. The maximum atomic E-state index is 13.3. The van der Waals surface area contributed by atoms with Crippen LogP contribution in [0.2, 0.25) is 0 Å². The van der Waals surface area contributed by atoms with E-state index in [4.69, 9.17) is 4.74 Å². The highest BCUT2D eigenvalue weighted by Gasteiger charge is 2.40. The summed E-state index contributed by atoms with van der Waals surface area (Å²) in [5.41, 5.74) is 3.52. The maximum Gasteiger partial charge on any atom is 0.331 e. The van der Waals surface area contributed by atoms with Gasteiger partial charge in [-0.15, -0.1) is 11.3 Å². The van der Waals surface area contributed by atoms with E-state index in [-0.39, 0.29) is 17.3 Å². The van der Waals surface area contributed by atoms with Crippen LogP contribution in [0.25, 0.3) is 20.4 Å². The lowest BCUT2D eigenvalue weighted by Crippen LogP contribution is -2.40. The molecule has 1 fully saturated rings. The van der Waals surface area contributed by atoms with Crippen LogP contribution >= 0.6 is 11.3 Å². The molecule has 4 aromatic rings. The molecule has 6 rings (SSSR count). The third-order valence-corrected chi connectivity index (χ3v) is 8.60. The SMILES string of the molecule is COc1cccc2c1CC[C@H]1CNC(CCn3c(=O)c4sc5cccnc5c4n(C)c3=O)[C@@H]21. The second-order valence-electron chi connectivity index (χ2n) is 9.08. The van der Waals surface area contributed by atoms with Crippen molar-refractivity contribution in [2.24, 2.45) is 13.0 Å². The van der Waals surface area contributed by atoms with Crippen LogP contribution in [-0.2, 0) is 20.0 Å². The summed E-state index contributed by atoms with van der Waals surface area (Å²) in [6.07, 6.45) is 4.58. The van der Waals surface area contributed by atoms with Crippen molar-refractivity contribution >= 4 is 31.8 Å². The van der Waals surface area contributed by atoms with Gasteiger partial charge in [0.1, 0.15) is 16.0 Å². The standard InChI is InChI=1S/C25H26N4O3S/c1-28-22-21-19(7-4-11-26-21)33-23(22)24(30)29(25(28)31)12-10-17-20-14(13-27-17)8-9-15-16(20)5-3-6-18(15)32-2/h3-7,11,14,17,20,27H,8-10,12-13H2,1-2H3/t14-,17?,20+/m0/s1. The van der Waals surface area contributed by atoms with Gasteiger partial charge in [-0.1, -0.05) is 12.1 Å². The first-order valence-electron chi connectivity index (χ1n) is 11.4. The summed E-state index contributed by atoms with van der Waals surface area (Å²) in [5, 5.41) is 3.69. The molecule has 0 saturated carbocycles. The highest BCUT2D eigenvalue weighted by Crippen LogP contribution is 2.45. The number of pyridine rings is 1. The van der Waals surface area contributed by atoms with Gasteiger partial charge in [-0.05, 0) is 61.1 Å². The molecular weight excluding hydrogens is 436 g/mol. The lowest BCUT2D eigenvalue weighted by Gasteiger charge is -2.32. The van der Waals surface area contributed by atoms with Crippen molar-refractivity contribution in [3.63, 3.8) is 0 Å². The van der Waals surface area contributed by atoms with Crippen LogP contribution in [0, 0.1) is 5.92 Å². The van der Waals surface area contributed by atoms with E-state index in [1.54, 1.807) is 24.9 Å². The smallest absolute Gasteiger partial charge is 0.331 e. The molecule has 0 bridgehead atoms. The first-order chi connectivity index (χ1) is 16.1. The zero-order valence-corrected chi connectivity index (χ0v) is 19.5. The average Bonchev–Trinajstić information content (AvgIpc) is 3.44. The van der Waals surface area contributed by atoms with Crippen molar-refractivity contribution in [1.29, 1.82) is 0 Å². The quantitative estimate of drug-likeness (QED) is 0.504. The Morgan fingerprint density at radius 1 is 1.24 bits per heavy atom. The van der Waals surface area contributed by atoms with Gasteiger partial charge in [0.2, 0.25) is 0 Å². The van der Waals surface area contributed by atoms with E-state index in [1.165, 1.54) is 27.0 Å². The molecule has 1 N–H and O–H groups in total. The predicted octanol–water partition coefficient (Wildman–Crippen LogP) is 3.03. The van der Waals surface area contributed by atoms with Gasteiger partial charge in [0.25, 0.3) is 5.56 Å². The molecule has 2 aliphatic rings. The van der Waals surface area contributed by atoms with Gasteiger partial charge in [0.15, 0.2) is 0 Å². The lowest BCUT2D eigenvalue weighted by molar-refractivity contribution is 0.370. The summed E-state index contributed by atoms with van der Waals surface area (Å²) in [4.78, 5) is 30.9. The van der Waals surface area contributed by atoms with Gasteiger partial charge in [0.05, 0.1) is 17.3 Å². The fourth-order valence-corrected chi connectivity index (χ4v) is 7.07. The number of thiophene rings is 1. The minimum absolute atomic E-state index is 0.212. The highest BCUT2D eigenvalue weighted by molar-refractivity contribution is 7.25. The van der Waals surface area contributed by atoms with Crippen molar-refractivity contribution in [3.05, 3.63) is 68.5 Å². The van der Waals surface area contributed by atoms with Crippen LogP contribution in [-0.4, -0.2) is 33.8 Å². The van der Waals surface area contributed by atoms with Crippen molar-refractivity contribution in [2.45, 2.75) is 37.8 Å². The third kappa shape index (κ3) is 3.08. The molecule has 3 aromatic heterocycles. The van der Waals surface area contributed by atoms with Gasteiger partial charge in [-0.3, -0.25) is 18.9 Å². The molecule has 1 aliphatic heterocycles. The third-order valence-electron chi connectivity index (χ3n) is 7.48. The highest BCUT2D eigenvalue weighted by atomic mass is 32.1.